The van der Waals surface area contributed by atoms with Crippen molar-refractivity contribution in [1.82, 2.24) is 0 Å². The highest BCUT2D eigenvalue weighted by atomic mass is 79.9. The third kappa shape index (κ3) is 1.57. The van der Waals surface area contributed by atoms with Crippen LogP contribution in [0.4, 0.5) is 4.39 Å². The molecule has 2 nitrogen and oxygen atoms in total. The Bertz CT molecular complexity index is 299. The molecule has 0 aliphatic heterocycles. The van der Waals surface area contributed by atoms with Crippen molar-refractivity contribution in [3.63, 3.8) is 0 Å². The first-order valence-corrected chi connectivity index (χ1v) is 3.57. The lowest BCUT2D eigenvalue weighted by Crippen LogP contribution is -1.84. The van der Waals surface area contributed by atoms with E-state index in [9.17, 15) is 9.18 Å². The lowest BCUT2D eigenvalue weighted by atomic mass is 10.2. The van der Waals surface area contributed by atoms with Crippen LogP contribution in [-0.4, -0.2) is 11.4 Å². The quantitative estimate of drug-likeness (QED) is 0.734. The van der Waals surface area contributed by atoms with Gasteiger partial charge in [-0.25, -0.2) is 4.39 Å². The molecule has 0 amide bonds. The molecular formula is C7H4BrFO2. The van der Waals surface area contributed by atoms with Crippen LogP contribution in [0.25, 0.3) is 0 Å². The molecule has 0 atom stereocenters. The highest BCUT2D eigenvalue weighted by Gasteiger charge is 2.05. The highest BCUT2D eigenvalue weighted by Crippen LogP contribution is 2.23. The summed E-state index contributed by atoms with van der Waals surface area (Å²) in [5.74, 6) is -0.793. The van der Waals surface area contributed by atoms with E-state index in [1.54, 1.807) is 0 Å². The van der Waals surface area contributed by atoms with Gasteiger partial charge in [-0.05, 0) is 28.1 Å². The number of phenolic OH excluding ortho intramolecular Hbond substituents is 1. The van der Waals surface area contributed by atoms with Crippen molar-refractivity contribution >= 4 is 22.2 Å². The molecule has 11 heavy (non-hydrogen) atoms. The number of carbonyl (C=O) groups is 1. The molecule has 0 bridgehead atoms. The molecule has 58 valence electrons. The van der Waals surface area contributed by atoms with Gasteiger partial charge in [-0.1, -0.05) is 0 Å². The number of rotatable bonds is 1. The Morgan fingerprint density at radius 1 is 1.55 bits per heavy atom. The van der Waals surface area contributed by atoms with E-state index in [2.05, 4.69) is 15.9 Å². The molecule has 0 spiro atoms. The van der Waals surface area contributed by atoms with Crippen molar-refractivity contribution in [1.29, 1.82) is 0 Å². The summed E-state index contributed by atoms with van der Waals surface area (Å²) in [6.45, 7) is 0. The minimum Gasteiger partial charge on any atom is -0.507 e. The van der Waals surface area contributed by atoms with Crippen molar-refractivity contribution in [2.45, 2.75) is 0 Å². The van der Waals surface area contributed by atoms with Crippen LogP contribution in [0.1, 0.15) is 10.4 Å². The topological polar surface area (TPSA) is 37.3 Å². The molecule has 0 saturated carbocycles. The monoisotopic (exact) mass is 218 g/mol. The molecule has 1 N–H and O–H groups in total. The first-order valence-electron chi connectivity index (χ1n) is 2.78. The average molecular weight is 219 g/mol. The lowest BCUT2D eigenvalue weighted by molar-refractivity contribution is 0.112. The Kier molecular flexibility index (Phi) is 2.24. The van der Waals surface area contributed by atoms with Gasteiger partial charge in [0.15, 0.2) is 6.29 Å². The van der Waals surface area contributed by atoms with Gasteiger partial charge in [0.25, 0.3) is 0 Å². The van der Waals surface area contributed by atoms with Crippen LogP contribution >= 0.6 is 15.9 Å². The van der Waals surface area contributed by atoms with E-state index >= 15 is 0 Å². The van der Waals surface area contributed by atoms with Crippen molar-refractivity contribution in [2.75, 3.05) is 0 Å². The number of aldehydes is 1. The molecule has 0 radical (unpaired) electrons. The third-order valence-electron chi connectivity index (χ3n) is 1.20. The van der Waals surface area contributed by atoms with E-state index in [-0.39, 0.29) is 15.8 Å². The van der Waals surface area contributed by atoms with Gasteiger partial charge in [0.1, 0.15) is 11.6 Å². The van der Waals surface area contributed by atoms with Crippen LogP contribution in [0.2, 0.25) is 0 Å². The van der Waals surface area contributed by atoms with Crippen LogP contribution in [0.15, 0.2) is 16.6 Å². The second-order valence-electron chi connectivity index (χ2n) is 1.94. The predicted octanol–water partition coefficient (Wildman–Crippen LogP) is 2.11. The standard InChI is InChI=1S/C7H4BrFO2/c8-5-2-7(11)4(3-10)1-6(5)9/h1-3,11H. The van der Waals surface area contributed by atoms with Gasteiger partial charge >= 0.3 is 0 Å². The zero-order chi connectivity index (χ0) is 8.43. The van der Waals surface area contributed by atoms with Crippen LogP contribution in [0.3, 0.4) is 0 Å². The normalized spacial score (nSPS) is 9.64. The van der Waals surface area contributed by atoms with Gasteiger partial charge in [0, 0.05) is 0 Å². The minimum atomic E-state index is -0.565. The Morgan fingerprint density at radius 2 is 2.18 bits per heavy atom. The number of halogens is 2. The molecule has 1 aromatic carbocycles. The minimum absolute atomic E-state index is 0.0503. The summed E-state index contributed by atoms with van der Waals surface area (Å²) in [7, 11) is 0. The molecule has 0 aliphatic rings. The van der Waals surface area contributed by atoms with Crippen molar-refractivity contribution in [3.05, 3.63) is 28.0 Å². The molecular weight excluding hydrogens is 215 g/mol. The summed E-state index contributed by atoms with van der Waals surface area (Å²) in [5.41, 5.74) is -0.0503. The first-order chi connectivity index (χ1) is 5.15. The summed E-state index contributed by atoms with van der Waals surface area (Å²) in [6, 6.07) is 2.10. The fraction of sp³-hybridized carbons (Fsp3) is 0. The first kappa shape index (κ1) is 8.20. The maximum atomic E-state index is 12.6. The van der Waals surface area contributed by atoms with Crippen molar-refractivity contribution in [2.24, 2.45) is 0 Å². The van der Waals surface area contributed by atoms with Crippen LogP contribution in [0, 0.1) is 5.82 Å². The Labute approximate surface area is 70.8 Å². The Hall–Kier alpha value is -0.900. The zero-order valence-corrected chi connectivity index (χ0v) is 6.93. The Morgan fingerprint density at radius 3 is 2.73 bits per heavy atom. The third-order valence-corrected chi connectivity index (χ3v) is 1.80. The number of carbonyl (C=O) groups excluding carboxylic acids is 1. The van der Waals surface area contributed by atoms with Gasteiger partial charge in [0.2, 0.25) is 0 Å². The number of aromatic hydroxyl groups is 1. The molecule has 4 heteroatoms. The van der Waals surface area contributed by atoms with E-state index in [1.165, 1.54) is 0 Å². The van der Waals surface area contributed by atoms with E-state index < -0.39 is 5.82 Å². The lowest BCUT2D eigenvalue weighted by Gasteiger charge is -1.98. The summed E-state index contributed by atoms with van der Waals surface area (Å²) >= 11 is 2.86. The number of hydrogen-bond donors (Lipinski definition) is 1. The summed E-state index contributed by atoms with van der Waals surface area (Å²) in [4.78, 5) is 10.1. The maximum absolute atomic E-state index is 12.6. The van der Waals surface area contributed by atoms with Crippen LogP contribution < -0.4 is 0 Å². The molecule has 0 fully saturated rings. The van der Waals surface area contributed by atoms with E-state index in [4.69, 9.17) is 5.11 Å². The van der Waals surface area contributed by atoms with E-state index in [1.807, 2.05) is 0 Å². The predicted molar refractivity (Wildman–Crippen MR) is 41.2 cm³/mol. The summed E-state index contributed by atoms with van der Waals surface area (Å²) in [6.07, 6.45) is 0.394. The number of benzene rings is 1. The average Bonchev–Trinajstić information content (AvgIpc) is 1.97. The maximum Gasteiger partial charge on any atom is 0.153 e. The molecule has 0 heterocycles. The van der Waals surface area contributed by atoms with Crippen LogP contribution in [-0.2, 0) is 0 Å². The van der Waals surface area contributed by atoms with Crippen molar-refractivity contribution < 1.29 is 14.3 Å². The molecule has 0 saturated heterocycles. The highest BCUT2D eigenvalue weighted by molar-refractivity contribution is 9.10. The Balaban J connectivity index is 3.31. The van der Waals surface area contributed by atoms with Gasteiger partial charge < -0.3 is 5.11 Å². The largest absolute Gasteiger partial charge is 0.507 e. The summed E-state index contributed by atoms with van der Waals surface area (Å²) in [5, 5.41) is 8.99. The van der Waals surface area contributed by atoms with Crippen LogP contribution in [0.5, 0.6) is 5.75 Å². The van der Waals surface area contributed by atoms with Crippen molar-refractivity contribution in [3.8, 4) is 5.75 Å². The smallest absolute Gasteiger partial charge is 0.153 e. The van der Waals surface area contributed by atoms with E-state index in [0.29, 0.717) is 6.29 Å². The number of hydrogen-bond acceptors (Lipinski definition) is 2. The molecule has 0 unspecified atom stereocenters. The van der Waals surface area contributed by atoms with Gasteiger partial charge in [-0.15, -0.1) is 0 Å². The van der Waals surface area contributed by atoms with Gasteiger partial charge in [-0.2, -0.15) is 0 Å². The summed E-state index contributed by atoms with van der Waals surface area (Å²) < 4.78 is 12.8. The second-order valence-corrected chi connectivity index (χ2v) is 2.80. The van der Waals surface area contributed by atoms with Gasteiger partial charge in [-0.3, -0.25) is 4.79 Å². The number of phenols is 1. The van der Waals surface area contributed by atoms with Gasteiger partial charge in [0.05, 0.1) is 10.0 Å². The molecule has 0 aromatic heterocycles. The molecule has 1 rings (SSSR count). The fourth-order valence-electron chi connectivity index (χ4n) is 0.646. The zero-order valence-electron chi connectivity index (χ0n) is 5.34. The molecule has 0 aliphatic carbocycles. The molecule has 1 aromatic rings. The second kappa shape index (κ2) is 3.00. The fourth-order valence-corrected chi connectivity index (χ4v) is 0.977. The van der Waals surface area contributed by atoms with E-state index in [0.717, 1.165) is 12.1 Å². The SMILES string of the molecule is O=Cc1cc(F)c(Br)cc1O.